The highest BCUT2D eigenvalue weighted by Gasteiger charge is 2.31. The van der Waals surface area contributed by atoms with Gasteiger partial charge < -0.3 is 15.4 Å². The van der Waals surface area contributed by atoms with Crippen LogP contribution in [0, 0.1) is 12.8 Å². The first-order valence-corrected chi connectivity index (χ1v) is 8.90. The number of alkyl halides is 3. The highest BCUT2D eigenvalue weighted by molar-refractivity contribution is 5.97. The average Bonchev–Trinajstić information content (AvgIpc) is 2.59. The topological polar surface area (TPSA) is 80.3 Å². The van der Waals surface area contributed by atoms with Gasteiger partial charge in [-0.25, -0.2) is 4.98 Å². The van der Waals surface area contributed by atoms with Gasteiger partial charge in [-0.15, -0.1) is 13.2 Å². The number of nitrogens with one attached hydrogen (secondary N) is 2. The molecule has 6 nitrogen and oxygen atoms in total. The van der Waals surface area contributed by atoms with Crippen LogP contribution in [0.15, 0.2) is 36.4 Å². The third-order valence-corrected chi connectivity index (χ3v) is 3.93. The van der Waals surface area contributed by atoms with Gasteiger partial charge in [-0.1, -0.05) is 26.0 Å². The van der Waals surface area contributed by atoms with Crippen molar-refractivity contribution in [3.05, 3.63) is 53.2 Å². The van der Waals surface area contributed by atoms with Crippen molar-refractivity contribution in [3.63, 3.8) is 0 Å². The number of aromatic nitrogens is 1. The number of rotatable bonds is 6. The molecule has 1 aromatic carbocycles. The van der Waals surface area contributed by atoms with Crippen molar-refractivity contribution in [2.24, 2.45) is 5.92 Å². The number of hydrogen-bond donors (Lipinski definition) is 2. The molecular weight excluding hydrogens is 387 g/mol. The standard InChI is InChI=1S/C20H22F3N3O3/c1-11(2)18(27)26-17-10-15(8-12(3)24-17)19(28)25-13(4)14-6-5-7-16(9-14)29-20(21,22)23/h5-11,13H,1-4H3,(H,25,28)(H,24,26,27). The number of carbonyl (C=O) groups is 2. The number of hydrogen-bond acceptors (Lipinski definition) is 4. The summed E-state index contributed by atoms with van der Waals surface area (Å²) < 4.78 is 41.1. The number of nitrogens with zero attached hydrogens (tertiary/aromatic N) is 1. The van der Waals surface area contributed by atoms with E-state index in [0.29, 0.717) is 11.3 Å². The average molecular weight is 409 g/mol. The van der Waals surface area contributed by atoms with E-state index in [0.717, 1.165) is 0 Å². The van der Waals surface area contributed by atoms with Crippen molar-refractivity contribution in [1.82, 2.24) is 10.3 Å². The van der Waals surface area contributed by atoms with Crippen molar-refractivity contribution >= 4 is 17.6 Å². The summed E-state index contributed by atoms with van der Waals surface area (Å²) in [6.07, 6.45) is -4.80. The maximum absolute atomic E-state index is 12.6. The number of pyridine rings is 1. The fraction of sp³-hybridized carbons (Fsp3) is 0.350. The SMILES string of the molecule is Cc1cc(C(=O)NC(C)c2cccc(OC(F)(F)F)c2)cc(NC(=O)C(C)C)n1. The van der Waals surface area contributed by atoms with E-state index in [1.807, 2.05) is 0 Å². The monoisotopic (exact) mass is 409 g/mol. The van der Waals surface area contributed by atoms with Gasteiger partial charge >= 0.3 is 6.36 Å². The van der Waals surface area contributed by atoms with Crippen LogP contribution in [0.25, 0.3) is 0 Å². The third kappa shape index (κ3) is 6.78. The molecule has 2 N–H and O–H groups in total. The maximum atomic E-state index is 12.6. The van der Waals surface area contributed by atoms with Crippen molar-refractivity contribution in [1.29, 1.82) is 0 Å². The summed E-state index contributed by atoms with van der Waals surface area (Å²) >= 11 is 0. The van der Waals surface area contributed by atoms with Crippen LogP contribution < -0.4 is 15.4 Å². The highest BCUT2D eigenvalue weighted by Crippen LogP contribution is 2.25. The lowest BCUT2D eigenvalue weighted by Gasteiger charge is -2.17. The number of amides is 2. The fourth-order valence-corrected chi connectivity index (χ4v) is 2.48. The molecule has 2 amide bonds. The molecular formula is C20H22F3N3O3. The molecule has 0 saturated carbocycles. The second-order valence-electron chi connectivity index (χ2n) is 6.84. The van der Waals surface area contributed by atoms with Crippen molar-refractivity contribution in [2.75, 3.05) is 5.32 Å². The van der Waals surface area contributed by atoms with Gasteiger partial charge in [0.1, 0.15) is 11.6 Å². The molecule has 0 saturated heterocycles. The van der Waals surface area contributed by atoms with E-state index < -0.39 is 18.3 Å². The molecule has 9 heteroatoms. The Morgan fingerprint density at radius 3 is 2.41 bits per heavy atom. The van der Waals surface area contributed by atoms with Crippen molar-refractivity contribution in [3.8, 4) is 5.75 Å². The Hall–Kier alpha value is -3.10. The molecule has 1 aromatic heterocycles. The second-order valence-corrected chi connectivity index (χ2v) is 6.84. The molecule has 2 aromatic rings. The highest BCUT2D eigenvalue weighted by atomic mass is 19.4. The molecule has 1 unspecified atom stereocenters. The molecule has 0 bridgehead atoms. The van der Waals surface area contributed by atoms with Gasteiger partial charge in [0, 0.05) is 17.2 Å². The molecule has 29 heavy (non-hydrogen) atoms. The number of carbonyl (C=O) groups excluding carboxylic acids is 2. The molecule has 1 heterocycles. The summed E-state index contributed by atoms with van der Waals surface area (Å²) in [5.41, 5.74) is 1.25. The zero-order valence-corrected chi connectivity index (χ0v) is 16.4. The number of aryl methyl sites for hydroxylation is 1. The van der Waals surface area contributed by atoms with E-state index in [2.05, 4.69) is 20.4 Å². The van der Waals surface area contributed by atoms with Crippen LogP contribution in [0.1, 0.15) is 48.4 Å². The van der Waals surface area contributed by atoms with Crippen LogP contribution in [0.3, 0.4) is 0 Å². The molecule has 0 radical (unpaired) electrons. The van der Waals surface area contributed by atoms with Gasteiger partial charge in [0.25, 0.3) is 5.91 Å². The number of halogens is 3. The number of anilines is 1. The van der Waals surface area contributed by atoms with Crippen LogP contribution >= 0.6 is 0 Å². The maximum Gasteiger partial charge on any atom is 0.573 e. The van der Waals surface area contributed by atoms with E-state index in [-0.39, 0.29) is 29.0 Å². The first-order valence-electron chi connectivity index (χ1n) is 8.90. The molecule has 0 aliphatic rings. The van der Waals surface area contributed by atoms with Crippen LogP contribution in [-0.4, -0.2) is 23.2 Å². The molecule has 0 spiro atoms. The number of ether oxygens (including phenoxy) is 1. The Balaban J connectivity index is 2.14. The quantitative estimate of drug-likeness (QED) is 0.742. The van der Waals surface area contributed by atoms with Gasteiger partial charge in [0.2, 0.25) is 5.91 Å². The van der Waals surface area contributed by atoms with Crippen molar-refractivity contribution in [2.45, 2.75) is 40.1 Å². The predicted octanol–water partition coefficient (Wildman–Crippen LogP) is 4.37. The van der Waals surface area contributed by atoms with E-state index in [4.69, 9.17) is 0 Å². The fourth-order valence-electron chi connectivity index (χ4n) is 2.48. The van der Waals surface area contributed by atoms with E-state index in [1.54, 1.807) is 39.8 Å². The largest absolute Gasteiger partial charge is 0.573 e. The summed E-state index contributed by atoms with van der Waals surface area (Å²) in [6.45, 7) is 6.79. The van der Waals surface area contributed by atoms with Crippen LogP contribution in [0.4, 0.5) is 19.0 Å². The van der Waals surface area contributed by atoms with Gasteiger partial charge in [0.15, 0.2) is 0 Å². The molecule has 0 aliphatic carbocycles. The van der Waals surface area contributed by atoms with Gasteiger partial charge in [-0.3, -0.25) is 9.59 Å². The third-order valence-electron chi connectivity index (χ3n) is 3.93. The first kappa shape index (κ1) is 22.2. The Morgan fingerprint density at radius 2 is 1.79 bits per heavy atom. The zero-order valence-electron chi connectivity index (χ0n) is 16.4. The first-order chi connectivity index (χ1) is 13.4. The lowest BCUT2D eigenvalue weighted by Crippen LogP contribution is -2.27. The van der Waals surface area contributed by atoms with Gasteiger partial charge in [-0.2, -0.15) is 0 Å². The van der Waals surface area contributed by atoms with E-state index in [9.17, 15) is 22.8 Å². The lowest BCUT2D eigenvalue weighted by molar-refractivity contribution is -0.274. The molecule has 2 rings (SSSR count). The Morgan fingerprint density at radius 1 is 1.10 bits per heavy atom. The van der Waals surface area contributed by atoms with E-state index in [1.165, 1.54) is 24.3 Å². The van der Waals surface area contributed by atoms with Crippen LogP contribution in [-0.2, 0) is 4.79 Å². The molecule has 156 valence electrons. The van der Waals surface area contributed by atoms with Crippen LogP contribution in [0.5, 0.6) is 5.75 Å². The second kappa shape index (κ2) is 8.93. The predicted molar refractivity (Wildman–Crippen MR) is 101 cm³/mol. The molecule has 1 atom stereocenters. The normalized spacial score (nSPS) is 12.4. The minimum Gasteiger partial charge on any atom is -0.406 e. The molecule has 0 aliphatic heterocycles. The Kier molecular flexibility index (Phi) is 6.84. The van der Waals surface area contributed by atoms with E-state index >= 15 is 0 Å². The Labute approximate surface area is 166 Å². The van der Waals surface area contributed by atoms with Gasteiger partial charge in [0.05, 0.1) is 6.04 Å². The minimum atomic E-state index is -4.80. The molecule has 0 fully saturated rings. The zero-order chi connectivity index (χ0) is 21.8. The van der Waals surface area contributed by atoms with Crippen LogP contribution in [0.2, 0.25) is 0 Å². The minimum absolute atomic E-state index is 0.232. The summed E-state index contributed by atoms with van der Waals surface area (Å²) in [4.78, 5) is 28.6. The summed E-state index contributed by atoms with van der Waals surface area (Å²) in [6, 6.07) is 7.80. The summed E-state index contributed by atoms with van der Waals surface area (Å²) in [5, 5.41) is 5.36. The summed E-state index contributed by atoms with van der Waals surface area (Å²) in [7, 11) is 0. The smallest absolute Gasteiger partial charge is 0.406 e. The van der Waals surface area contributed by atoms with Gasteiger partial charge in [-0.05, 0) is 43.7 Å². The summed E-state index contributed by atoms with van der Waals surface area (Å²) in [5.74, 6) is -1.05. The lowest BCUT2D eigenvalue weighted by atomic mass is 10.1. The Bertz CT molecular complexity index is 898. The number of benzene rings is 1. The van der Waals surface area contributed by atoms with Crippen molar-refractivity contribution < 1.29 is 27.5 Å².